The molecular weight excluding hydrogens is 278 g/mol. The van der Waals surface area contributed by atoms with Gasteiger partial charge in [-0.15, -0.1) is 12.4 Å². The number of hydrogen-bond donors (Lipinski definition) is 3. The van der Waals surface area contributed by atoms with Crippen molar-refractivity contribution in [2.75, 3.05) is 13.1 Å². The molecule has 0 aromatic heterocycles. The molecule has 6 heteroatoms. The van der Waals surface area contributed by atoms with E-state index in [0.717, 1.165) is 19.3 Å². The lowest BCUT2D eigenvalue weighted by atomic mass is 9.84. The predicted octanol–water partition coefficient (Wildman–Crippen LogP) is 1.35. The van der Waals surface area contributed by atoms with Crippen LogP contribution in [0.2, 0.25) is 0 Å². The van der Waals surface area contributed by atoms with Gasteiger partial charge in [0.05, 0.1) is 6.54 Å². The molecule has 1 unspecified atom stereocenters. The van der Waals surface area contributed by atoms with E-state index in [-0.39, 0.29) is 36.8 Å². The predicted molar refractivity (Wildman–Crippen MR) is 82.7 cm³/mol. The highest BCUT2D eigenvalue weighted by Gasteiger charge is 2.23. The Morgan fingerprint density at radius 3 is 2.40 bits per heavy atom. The highest BCUT2D eigenvalue weighted by Crippen LogP contribution is 2.26. The normalized spacial score (nSPS) is 16.9. The van der Waals surface area contributed by atoms with Gasteiger partial charge in [0, 0.05) is 19.0 Å². The molecule has 0 aromatic rings. The maximum atomic E-state index is 11.8. The topological polar surface area (TPSA) is 84.2 Å². The van der Waals surface area contributed by atoms with E-state index in [4.69, 9.17) is 5.73 Å². The van der Waals surface area contributed by atoms with Crippen LogP contribution in [0.4, 0.5) is 0 Å². The number of rotatable bonds is 7. The minimum absolute atomic E-state index is 0. The van der Waals surface area contributed by atoms with Gasteiger partial charge in [-0.25, -0.2) is 0 Å². The molecule has 20 heavy (non-hydrogen) atoms. The van der Waals surface area contributed by atoms with E-state index in [2.05, 4.69) is 10.6 Å². The largest absolute Gasteiger partial charge is 0.350 e. The minimum Gasteiger partial charge on any atom is -0.350 e. The second kappa shape index (κ2) is 10.9. The van der Waals surface area contributed by atoms with Gasteiger partial charge in [-0.05, 0) is 25.2 Å². The molecule has 0 aromatic carbocycles. The van der Waals surface area contributed by atoms with Crippen molar-refractivity contribution in [2.45, 2.75) is 57.9 Å². The van der Waals surface area contributed by atoms with E-state index >= 15 is 0 Å². The van der Waals surface area contributed by atoms with Crippen molar-refractivity contribution >= 4 is 24.2 Å². The number of hydrogen-bond acceptors (Lipinski definition) is 3. The van der Waals surface area contributed by atoms with Gasteiger partial charge in [0.2, 0.25) is 11.8 Å². The van der Waals surface area contributed by atoms with Crippen LogP contribution in [0, 0.1) is 5.92 Å². The molecule has 1 saturated carbocycles. The molecule has 0 saturated heterocycles. The second-order valence-corrected chi connectivity index (χ2v) is 5.33. The summed E-state index contributed by atoms with van der Waals surface area (Å²) >= 11 is 0. The molecule has 4 N–H and O–H groups in total. The summed E-state index contributed by atoms with van der Waals surface area (Å²) in [5.74, 6) is 0.291. The maximum absolute atomic E-state index is 11.8. The average molecular weight is 306 g/mol. The van der Waals surface area contributed by atoms with Crippen molar-refractivity contribution in [2.24, 2.45) is 11.7 Å². The summed E-state index contributed by atoms with van der Waals surface area (Å²) in [6.07, 6.45) is 7.29. The lowest BCUT2D eigenvalue weighted by Gasteiger charge is -2.30. The molecule has 1 aliphatic carbocycles. The number of nitrogens with two attached hydrogens (primary N) is 1. The molecule has 1 rings (SSSR count). The molecular formula is C14H28ClN3O2. The number of halogens is 1. The van der Waals surface area contributed by atoms with Gasteiger partial charge in [0.1, 0.15) is 0 Å². The third kappa shape index (κ3) is 7.10. The first-order chi connectivity index (χ1) is 9.17. The molecule has 0 heterocycles. The molecule has 1 atom stereocenters. The van der Waals surface area contributed by atoms with E-state index in [1.54, 1.807) is 0 Å². The molecule has 0 radical (unpaired) electrons. The number of carbonyl (C=O) groups excluding carboxylic acids is 2. The fourth-order valence-corrected chi connectivity index (χ4v) is 2.66. The molecule has 5 nitrogen and oxygen atoms in total. The summed E-state index contributed by atoms with van der Waals surface area (Å²) in [4.78, 5) is 23.1. The van der Waals surface area contributed by atoms with Gasteiger partial charge in [0.25, 0.3) is 0 Å². The lowest BCUT2D eigenvalue weighted by molar-refractivity contribution is -0.126. The smallest absolute Gasteiger partial charge is 0.239 e. The van der Waals surface area contributed by atoms with Crippen LogP contribution in [0.15, 0.2) is 0 Å². The fraction of sp³-hybridized carbons (Fsp3) is 0.857. The van der Waals surface area contributed by atoms with Crippen molar-refractivity contribution in [3.63, 3.8) is 0 Å². The maximum Gasteiger partial charge on any atom is 0.239 e. The van der Waals surface area contributed by atoms with E-state index in [1.807, 2.05) is 6.92 Å². The van der Waals surface area contributed by atoms with Crippen molar-refractivity contribution in [1.82, 2.24) is 10.6 Å². The summed E-state index contributed by atoms with van der Waals surface area (Å²) in [7, 11) is 0. The molecule has 1 fully saturated rings. The zero-order valence-corrected chi connectivity index (χ0v) is 13.1. The van der Waals surface area contributed by atoms with Crippen molar-refractivity contribution in [3.05, 3.63) is 0 Å². The van der Waals surface area contributed by atoms with Gasteiger partial charge in [-0.3, -0.25) is 9.59 Å². The van der Waals surface area contributed by atoms with E-state index in [0.29, 0.717) is 18.9 Å². The standard InChI is InChI=1S/C14H27N3O2.ClH/c1-2-6-13(18)16-10-14(19)17-12(9-15)11-7-4-3-5-8-11;/h11-12H,2-10,15H2,1H3,(H,16,18)(H,17,19);1H. The first-order valence-corrected chi connectivity index (χ1v) is 7.43. The minimum atomic E-state index is -0.134. The van der Waals surface area contributed by atoms with E-state index in [9.17, 15) is 9.59 Å². The Morgan fingerprint density at radius 2 is 1.85 bits per heavy atom. The van der Waals surface area contributed by atoms with Crippen LogP contribution < -0.4 is 16.4 Å². The SMILES string of the molecule is CCCC(=O)NCC(=O)NC(CN)C1CCCCC1.Cl. The van der Waals surface area contributed by atoms with Crippen LogP contribution in [0.5, 0.6) is 0 Å². The number of carbonyl (C=O) groups is 2. The van der Waals surface area contributed by atoms with Crippen LogP contribution in [-0.4, -0.2) is 30.9 Å². The monoisotopic (exact) mass is 305 g/mol. The third-order valence-corrected chi connectivity index (χ3v) is 3.74. The molecule has 118 valence electrons. The highest BCUT2D eigenvalue weighted by atomic mass is 35.5. The van der Waals surface area contributed by atoms with Crippen molar-refractivity contribution in [3.8, 4) is 0 Å². The van der Waals surface area contributed by atoms with Crippen molar-refractivity contribution in [1.29, 1.82) is 0 Å². The van der Waals surface area contributed by atoms with Gasteiger partial charge in [-0.1, -0.05) is 26.2 Å². The van der Waals surface area contributed by atoms with Crippen LogP contribution in [0.3, 0.4) is 0 Å². The Kier molecular flexibility index (Phi) is 10.5. The van der Waals surface area contributed by atoms with E-state index in [1.165, 1.54) is 19.3 Å². The van der Waals surface area contributed by atoms with E-state index < -0.39 is 0 Å². The molecule has 0 spiro atoms. The van der Waals surface area contributed by atoms with Crippen LogP contribution >= 0.6 is 12.4 Å². The zero-order chi connectivity index (χ0) is 14.1. The number of amides is 2. The molecule has 0 bridgehead atoms. The summed E-state index contributed by atoms with van der Waals surface area (Å²) in [5, 5.41) is 5.58. The molecule has 2 amide bonds. The Bertz CT molecular complexity index is 294. The molecule has 0 aliphatic heterocycles. The highest BCUT2D eigenvalue weighted by molar-refractivity contribution is 5.85. The first kappa shape index (κ1) is 19.2. The van der Waals surface area contributed by atoms with Gasteiger partial charge < -0.3 is 16.4 Å². The third-order valence-electron chi connectivity index (χ3n) is 3.74. The summed E-state index contributed by atoms with van der Waals surface area (Å²) in [5.41, 5.74) is 5.75. The van der Waals surface area contributed by atoms with Gasteiger partial charge in [0.15, 0.2) is 0 Å². The van der Waals surface area contributed by atoms with Crippen LogP contribution in [0.25, 0.3) is 0 Å². The summed E-state index contributed by atoms with van der Waals surface area (Å²) in [6.45, 7) is 2.47. The molecule has 1 aliphatic rings. The second-order valence-electron chi connectivity index (χ2n) is 5.33. The van der Waals surface area contributed by atoms with Gasteiger partial charge in [-0.2, -0.15) is 0 Å². The van der Waals surface area contributed by atoms with Crippen molar-refractivity contribution < 1.29 is 9.59 Å². The fourth-order valence-electron chi connectivity index (χ4n) is 2.66. The van der Waals surface area contributed by atoms with Crippen LogP contribution in [-0.2, 0) is 9.59 Å². The summed E-state index contributed by atoms with van der Waals surface area (Å²) in [6, 6.07) is 0.0517. The Balaban J connectivity index is 0.00000361. The van der Waals surface area contributed by atoms with Gasteiger partial charge >= 0.3 is 0 Å². The quantitative estimate of drug-likeness (QED) is 0.664. The zero-order valence-electron chi connectivity index (χ0n) is 12.3. The Labute approximate surface area is 127 Å². The average Bonchev–Trinajstić information content (AvgIpc) is 2.44. The van der Waals surface area contributed by atoms with Crippen LogP contribution in [0.1, 0.15) is 51.9 Å². The summed E-state index contributed by atoms with van der Waals surface area (Å²) < 4.78 is 0. The number of nitrogens with one attached hydrogen (secondary N) is 2. The first-order valence-electron chi connectivity index (χ1n) is 7.43. The lowest BCUT2D eigenvalue weighted by Crippen LogP contribution is -2.49. The Morgan fingerprint density at radius 1 is 1.20 bits per heavy atom. The Hall–Kier alpha value is -0.810.